The lowest BCUT2D eigenvalue weighted by Crippen LogP contribution is -2.46. The second-order valence-electron chi connectivity index (χ2n) is 5.43. The van der Waals surface area contributed by atoms with Crippen molar-refractivity contribution in [2.24, 2.45) is 0 Å². The molecule has 2 heterocycles. The molecule has 1 aliphatic heterocycles. The maximum atomic E-state index is 12.2. The molecular formula is C14H23N5O2. The van der Waals surface area contributed by atoms with Crippen molar-refractivity contribution in [1.29, 1.82) is 0 Å². The minimum atomic E-state index is -0.0694. The Balaban J connectivity index is 1.81. The fourth-order valence-corrected chi connectivity index (χ4v) is 2.47. The smallest absolute Gasteiger partial charge is 0.317 e. The van der Waals surface area contributed by atoms with Crippen molar-refractivity contribution in [3.05, 3.63) is 18.5 Å². The van der Waals surface area contributed by atoms with Crippen LogP contribution >= 0.6 is 0 Å². The summed E-state index contributed by atoms with van der Waals surface area (Å²) in [4.78, 5) is 27.2. The highest BCUT2D eigenvalue weighted by Crippen LogP contribution is 2.04. The molecule has 0 spiro atoms. The largest absolute Gasteiger partial charge is 0.341 e. The van der Waals surface area contributed by atoms with Gasteiger partial charge in [0.05, 0.1) is 6.54 Å². The van der Waals surface area contributed by atoms with Crippen LogP contribution in [0.25, 0.3) is 0 Å². The average Bonchev–Trinajstić information content (AvgIpc) is 2.79. The van der Waals surface area contributed by atoms with Crippen LogP contribution in [0.4, 0.5) is 4.79 Å². The Morgan fingerprint density at radius 1 is 1.24 bits per heavy atom. The topological polar surface area (TPSA) is 70.5 Å². The predicted molar refractivity (Wildman–Crippen MR) is 78.7 cm³/mol. The molecule has 116 valence electrons. The van der Waals surface area contributed by atoms with E-state index in [1.807, 2.05) is 19.2 Å². The number of nitrogens with one attached hydrogen (secondary N) is 1. The first-order chi connectivity index (χ1) is 10.1. The zero-order chi connectivity index (χ0) is 15.2. The molecule has 1 atom stereocenters. The van der Waals surface area contributed by atoms with Crippen molar-refractivity contribution >= 4 is 11.9 Å². The lowest BCUT2D eigenvalue weighted by atomic mass is 10.3. The zero-order valence-corrected chi connectivity index (χ0v) is 12.7. The van der Waals surface area contributed by atoms with E-state index in [-0.39, 0.29) is 18.0 Å². The van der Waals surface area contributed by atoms with Crippen molar-refractivity contribution in [2.45, 2.75) is 32.9 Å². The number of carbonyl (C=O) groups excluding carboxylic acids is 2. The second-order valence-corrected chi connectivity index (χ2v) is 5.43. The fourth-order valence-electron chi connectivity index (χ4n) is 2.47. The highest BCUT2D eigenvalue weighted by molar-refractivity contribution is 5.75. The highest BCUT2D eigenvalue weighted by Gasteiger charge is 2.21. The normalized spacial score (nSPS) is 17.2. The Bertz CT molecular complexity index is 474. The Kier molecular flexibility index (Phi) is 5.19. The van der Waals surface area contributed by atoms with Crippen LogP contribution in [0.2, 0.25) is 0 Å². The molecule has 3 amide bonds. The van der Waals surface area contributed by atoms with Crippen LogP contribution in [0.5, 0.6) is 0 Å². The van der Waals surface area contributed by atoms with E-state index in [4.69, 9.17) is 0 Å². The third kappa shape index (κ3) is 4.47. The van der Waals surface area contributed by atoms with Gasteiger partial charge in [-0.25, -0.2) is 4.79 Å². The molecule has 0 saturated carbocycles. The third-order valence-corrected chi connectivity index (χ3v) is 3.62. The van der Waals surface area contributed by atoms with Gasteiger partial charge in [-0.05, 0) is 19.4 Å². The lowest BCUT2D eigenvalue weighted by molar-refractivity contribution is -0.128. The molecule has 1 aliphatic rings. The molecule has 7 nitrogen and oxygen atoms in total. The average molecular weight is 293 g/mol. The molecule has 2 rings (SSSR count). The number of aromatic nitrogens is 2. The van der Waals surface area contributed by atoms with Gasteiger partial charge in [0.25, 0.3) is 0 Å². The SMILES string of the molecule is CC(=O)N1CCCN(C(=O)NC(C)Cn2cccn2)CC1. The van der Waals surface area contributed by atoms with Crippen LogP contribution in [-0.4, -0.2) is 63.7 Å². The maximum absolute atomic E-state index is 12.2. The van der Waals surface area contributed by atoms with E-state index in [1.165, 1.54) is 0 Å². The summed E-state index contributed by atoms with van der Waals surface area (Å²) in [7, 11) is 0. The molecule has 0 radical (unpaired) electrons. The molecular weight excluding hydrogens is 270 g/mol. The summed E-state index contributed by atoms with van der Waals surface area (Å²) in [5, 5.41) is 7.11. The van der Waals surface area contributed by atoms with Crippen LogP contribution < -0.4 is 5.32 Å². The Morgan fingerprint density at radius 3 is 2.62 bits per heavy atom. The van der Waals surface area contributed by atoms with Crippen molar-refractivity contribution in [3.63, 3.8) is 0 Å². The van der Waals surface area contributed by atoms with Gasteiger partial charge in [-0.15, -0.1) is 0 Å². The van der Waals surface area contributed by atoms with Crippen LogP contribution in [-0.2, 0) is 11.3 Å². The molecule has 1 unspecified atom stereocenters. The van der Waals surface area contributed by atoms with Crippen molar-refractivity contribution in [2.75, 3.05) is 26.2 Å². The van der Waals surface area contributed by atoms with Crippen LogP contribution in [0.3, 0.4) is 0 Å². The molecule has 1 fully saturated rings. The number of hydrogen-bond acceptors (Lipinski definition) is 3. The lowest BCUT2D eigenvalue weighted by Gasteiger charge is -2.24. The molecule has 0 bridgehead atoms. The van der Waals surface area contributed by atoms with Gasteiger partial charge >= 0.3 is 6.03 Å². The Morgan fingerprint density at radius 2 is 1.95 bits per heavy atom. The van der Waals surface area contributed by atoms with E-state index >= 15 is 0 Å². The number of nitrogens with zero attached hydrogens (tertiary/aromatic N) is 4. The Labute approximate surface area is 124 Å². The number of hydrogen-bond donors (Lipinski definition) is 1. The monoisotopic (exact) mass is 293 g/mol. The zero-order valence-electron chi connectivity index (χ0n) is 12.7. The van der Waals surface area contributed by atoms with Gasteiger partial charge in [-0.1, -0.05) is 0 Å². The highest BCUT2D eigenvalue weighted by atomic mass is 16.2. The van der Waals surface area contributed by atoms with Crippen molar-refractivity contribution in [3.8, 4) is 0 Å². The number of amides is 3. The molecule has 0 aliphatic carbocycles. The summed E-state index contributed by atoms with van der Waals surface area (Å²) >= 11 is 0. The quantitative estimate of drug-likeness (QED) is 0.884. The molecule has 21 heavy (non-hydrogen) atoms. The molecule has 1 aromatic heterocycles. The number of rotatable bonds is 3. The predicted octanol–water partition coefficient (Wildman–Crippen LogP) is 0.535. The second kappa shape index (κ2) is 7.10. The van der Waals surface area contributed by atoms with Gasteiger partial charge in [-0.3, -0.25) is 9.48 Å². The maximum Gasteiger partial charge on any atom is 0.317 e. The van der Waals surface area contributed by atoms with Gasteiger partial charge in [0.15, 0.2) is 0 Å². The van der Waals surface area contributed by atoms with Crippen LogP contribution in [0, 0.1) is 0 Å². The summed E-state index contributed by atoms with van der Waals surface area (Å²) in [6.45, 7) is 6.77. The Hall–Kier alpha value is -2.05. The first-order valence-electron chi connectivity index (χ1n) is 7.34. The van der Waals surface area contributed by atoms with E-state index in [0.29, 0.717) is 26.2 Å². The van der Waals surface area contributed by atoms with Crippen molar-refractivity contribution in [1.82, 2.24) is 24.9 Å². The minimum Gasteiger partial charge on any atom is -0.341 e. The standard InChI is InChI=1S/C14H23N5O2/c1-12(11-19-8-3-5-15-19)16-14(21)18-7-4-6-17(9-10-18)13(2)20/h3,5,8,12H,4,6-7,9-11H2,1-2H3,(H,16,21). The third-order valence-electron chi connectivity index (χ3n) is 3.62. The summed E-state index contributed by atoms with van der Waals surface area (Å²) < 4.78 is 1.80. The van der Waals surface area contributed by atoms with Crippen molar-refractivity contribution < 1.29 is 9.59 Å². The first kappa shape index (κ1) is 15.3. The van der Waals surface area contributed by atoms with Gasteiger partial charge < -0.3 is 15.1 Å². The molecule has 7 heteroatoms. The van der Waals surface area contributed by atoms with E-state index in [0.717, 1.165) is 13.0 Å². The van der Waals surface area contributed by atoms with E-state index in [1.54, 1.807) is 27.6 Å². The van der Waals surface area contributed by atoms with E-state index in [2.05, 4.69) is 10.4 Å². The summed E-state index contributed by atoms with van der Waals surface area (Å²) in [5.41, 5.74) is 0. The molecule has 1 N–H and O–H groups in total. The molecule has 1 aromatic rings. The van der Waals surface area contributed by atoms with E-state index < -0.39 is 0 Å². The molecule has 0 aromatic carbocycles. The van der Waals surface area contributed by atoms with Gasteiger partial charge in [0.2, 0.25) is 5.91 Å². The summed E-state index contributed by atoms with van der Waals surface area (Å²) in [5.74, 6) is 0.0734. The fraction of sp³-hybridized carbons (Fsp3) is 0.643. The van der Waals surface area contributed by atoms with Gasteiger partial charge in [-0.2, -0.15) is 5.10 Å². The van der Waals surface area contributed by atoms with Crippen LogP contribution in [0.15, 0.2) is 18.5 Å². The van der Waals surface area contributed by atoms with Crippen LogP contribution in [0.1, 0.15) is 20.3 Å². The van der Waals surface area contributed by atoms with E-state index in [9.17, 15) is 9.59 Å². The summed E-state index contributed by atoms with van der Waals surface area (Å²) in [6.07, 6.45) is 4.42. The number of carbonyl (C=O) groups is 2. The summed E-state index contributed by atoms with van der Waals surface area (Å²) in [6, 6.07) is 1.80. The van der Waals surface area contributed by atoms with Gasteiger partial charge in [0, 0.05) is 51.5 Å². The van der Waals surface area contributed by atoms with Gasteiger partial charge in [0.1, 0.15) is 0 Å². The molecule has 1 saturated heterocycles. The number of urea groups is 1. The first-order valence-corrected chi connectivity index (χ1v) is 7.34. The minimum absolute atomic E-state index is 0.00423.